The molecule has 0 unspecified atom stereocenters. The minimum atomic E-state index is -0.380. The van der Waals surface area contributed by atoms with Gasteiger partial charge >= 0.3 is 0 Å². The molecule has 0 saturated carbocycles. The van der Waals surface area contributed by atoms with E-state index in [9.17, 15) is 10.1 Å². The van der Waals surface area contributed by atoms with Crippen LogP contribution in [0.3, 0.4) is 0 Å². The van der Waals surface area contributed by atoms with E-state index in [1.807, 2.05) is 35.2 Å². The van der Waals surface area contributed by atoms with Gasteiger partial charge in [0, 0.05) is 24.3 Å². The zero-order chi connectivity index (χ0) is 12.1. The summed E-state index contributed by atoms with van der Waals surface area (Å²) in [7, 11) is 0. The van der Waals surface area contributed by atoms with E-state index in [0.717, 1.165) is 0 Å². The largest absolute Gasteiger partial charge is 0.276 e. The monoisotopic (exact) mass is 227 g/mol. The van der Waals surface area contributed by atoms with E-state index in [0.29, 0.717) is 5.56 Å². The molecule has 1 heterocycles. The molecule has 0 amide bonds. The van der Waals surface area contributed by atoms with Gasteiger partial charge in [-0.25, -0.2) is 0 Å². The van der Waals surface area contributed by atoms with Crippen LogP contribution in [0.1, 0.15) is 5.56 Å². The molecule has 0 spiro atoms. The van der Waals surface area contributed by atoms with Crippen molar-refractivity contribution in [3.05, 3.63) is 70.5 Å². The lowest BCUT2D eigenvalue weighted by Crippen LogP contribution is -2.23. The third kappa shape index (κ3) is 2.75. The summed E-state index contributed by atoms with van der Waals surface area (Å²) in [5.74, 6) is 0. The van der Waals surface area contributed by atoms with Crippen LogP contribution in [0.25, 0.3) is 12.3 Å². The highest BCUT2D eigenvalue weighted by atomic mass is 16.6. The van der Waals surface area contributed by atoms with Crippen LogP contribution in [-0.2, 0) is 0 Å². The summed E-state index contributed by atoms with van der Waals surface area (Å²) in [5.41, 5.74) is 0.703. The fraction of sp³-hybridized carbons (Fsp3) is 0. The number of hydrogen-bond acceptors (Lipinski definition) is 2. The first-order valence-electron chi connectivity index (χ1n) is 5.15. The van der Waals surface area contributed by atoms with Gasteiger partial charge in [-0.3, -0.25) is 10.1 Å². The molecule has 1 aromatic carbocycles. The van der Waals surface area contributed by atoms with Gasteiger partial charge in [0.1, 0.15) is 0 Å². The van der Waals surface area contributed by atoms with Crippen LogP contribution in [0.4, 0.5) is 5.69 Å². The summed E-state index contributed by atoms with van der Waals surface area (Å²) in [6.45, 7) is 0. The van der Waals surface area contributed by atoms with Gasteiger partial charge in [-0.1, -0.05) is 18.2 Å². The van der Waals surface area contributed by atoms with Gasteiger partial charge in [-0.2, -0.15) is 4.57 Å². The average Bonchev–Trinajstić information content (AvgIpc) is 2.38. The van der Waals surface area contributed by atoms with Crippen molar-refractivity contribution in [2.24, 2.45) is 0 Å². The maximum absolute atomic E-state index is 10.8. The molecule has 0 atom stereocenters. The van der Waals surface area contributed by atoms with Gasteiger partial charge < -0.3 is 0 Å². The highest BCUT2D eigenvalue weighted by Gasteiger charge is 2.09. The predicted octanol–water partition coefficient (Wildman–Crippen LogP) is 2.51. The molecule has 0 fully saturated rings. The van der Waals surface area contributed by atoms with Gasteiger partial charge in [0.05, 0.1) is 10.5 Å². The van der Waals surface area contributed by atoms with Crippen molar-refractivity contribution in [1.82, 2.24) is 0 Å². The normalized spacial score (nSPS) is 10.6. The van der Waals surface area contributed by atoms with Crippen molar-refractivity contribution in [3.63, 3.8) is 0 Å². The van der Waals surface area contributed by atoms with Gasteiger partial charge in [0.15, 0.2) is 18.6 Å². The molecule has 0 aliphatic rings. The summed E-state index contributed by atoms with van der Waals surface area (Å²) in [6, 6.07) is 12.4. The Hall–Kier alpha value is -2.49. The summed E-state index contributed by atoms with van der Waals surface area (Å²) in [6.07, 6.45) is 7.23. The van der Waals surface area contributed by atoms with Crippen molar-refractivity contribution in [2.45, 2.75) is 0 Å². The molecule has 4 nitrogen and oxygen atoms in total. The molecule has 4 heteroatoms. The second-order valence-electron chi connectivity index (χ2n) is 3.45. The van der Waals surface area contributed by atoms with E-state index in [1.165, 1.54) is 6.07 Å². The first kappa shape index (κ1) is 11.0. The fourth-order valence-corrected chi connectivity index (χ4v) is 1.47. The first-order chi connectivity index (χ1) is 8.27. The third-order valence-electron chi connectivity index (χ3n) is 2.30. The molecule has 0 bridgehead atoms. The van der Waals surface area contributed by atoms with Gasteiger partial charge in [-0.05, 0) is 6.07 Å². The summed E-state index contributed by atoms with van der Waals surface area (Å²) in [4.78, 5) is 10.4. The summed E-state index contributed by atoms with van der Waals surface area (Å²) >= 11 is 0. The van der Waals surface area contributed by atoms with Gasteiger partial charge in [0.2, 0.25) is 0 Å². The third-order valence-corrected chi connectivity index (χ3v) is 2.30. The number of para-hydroxylation sites is 1. The Morgan fingerprint density at radius 2 is 1.76 bits per heavy atom. The Kier molecular flexibility index (Phi) is 3.25. The summed E-state index contributed by atoms with van der Waals surface area (Å²) < 4.78 is 1.83. The topological polar surface area (TPSA) is 47.0 Å². The van der Waals surface area contributed by atoms with E-state index in [-0.39, 0.29) is 10.6 Å². The lowest BCUT2D eigenvalue weighted by Gasteiger charge is -1.94. The zero-order valence-electron chi connectivity index (χ0n) is 9.06. The smallest absolute Gasteiger partial charge is 0.258 e. The number of rotatable bonds is 3. The lowest BCUT2D eigenvalue weighted by atomic mass is 10.2. The van der Waals surface area contributed by atoms with E-state index in [4.69, 9.17) is 0 Å². The number of nitro groups is 1. The minimum Gasteiger partial charge on any atom is -0.258 e. The SMILES string of the molecule is O=[N+]([O-])c1ccccc1/C=C/[n+]1ccccc1. The Balaban J connectivity index is 2.30. The molecule has 0 N–H and O–H groups in total. The highest BCUT2D eigenvalue weighted by Crippen LogP contribution is 2.18. The maximum Gasteiger partial charge on any atom is 0.276 e. The Morgan fingerprint density at radius 3 is 2.47 bits per heavy atom. The Labute approximate surface area is 98.6 Å². The molecule has 17 heavy (non-hydrogen) atoms. The molecular formula is C13H11N2O2+. The molecule has 2 rings (SSSR count). The summed E-state index contributed by atoms with van der Waals surface area (Å²) in [5, 5.41) is 10.8. The zero-order valence-corrected chi connectivity index (χ0v) is 9.06. The second-order valence-corrected chi connectivity index (χ2v) is 3.45. The van der Waals surface area contributed by atoms with Crippen LogP contribution in [0.5, 0.6) is 0 Å². The number of hydrogen-bond donors (Lipinski definition) is 0. The lowest BCUT2D eigenvalue weighted by molar-refractivity contribution is -0.567. The van der Waals surface area contributed by atoms with Crippen molar-refractivity contribution in [3.8, 4) is 0 Å². The Bertz CT molecular complexity index is 550. The highest BCUT2D eigenvalue weighted by molar-refractivity contribution is 5.65. The second kappa shape index (κ2) is 5.03. The first-order valence-corrected chi connectivity index (χ1v) is 5.15. The number of aromatic nitrogens is 1. The van der Waals surface area contributed by atoms with Crippen LogP contribution >= 0.6 is 0 Å². The molecule has 1 aromatic heterocycles. The van der Waals surface area contributed by atoms with E-state index in [2.05, 4.69) is 0 Å². The number of pyridine rings is 1. The van der Waals surface area contributed by atoms with Crippen molar-refractivity contribution in [2.75, 3.05) is 0 Å². The van der Waals surface area contributed by atoms with Crippen LogP contribution in [0, 0.1) is 10.1 Å². The predicted molar refractivity (Wildman–Crippen MR) is 65.0 cm³/mol. The number of benzene rings is 1. The van der Waals surface area contributed by atoms with Crippen molar-refractivity contribution < 1.29 is 9.49 Å². The van der Waals surface area contributed by atoms with Crippen LogP contribution in [0.2, 0.25) is 0 Å². The van der Waals surface area contributed by atoms with E-state index >= 15 is 0 Å². The number of nitrogens with zero attached hydrogens (tertiary/aromatic N) is 2. The van der Waals surface area contributed by atoms with E-state index < -0.39 is 0 Å². The maximum atomic E-state index is 10.8. The molecule has 84 valence electrons. The van der Waals surface area contributed by atoms with Crippen molar-refractivity contribution in [1.29, 1.82) is 0 Å². The number of nitro benzene ring substituents is 1. The quantitative estimate of drug-likeness (QED) is 0.459. The Morgan fingerprint density at radius 1 is 1.06 bits per heavy atom. The van der Waals surface area contributed by atoms with Crippen LogP contribution in [-0.4, -0.2) is 4.92 Å². The van der Waals surface area contributed by atoms with Gasteiger partial charge in [0.25, 0.3) is 5.69 Å². The molecule has 0 aliphatic heterocycles. The molecule has 0 radical (unpaired) electrons. The standard InChI is InChI=1S/C13H11N2O2/c16-15(17)13-7-3-2-6-12(13)8-11-14-9-4-1-5-10-14/h1-11H/q+1/b11-8+. The van der Waals surface area contributed by atoms with Crippen LogP contribution < -0.4 is 4.57 Å². The van der Waals surface area contributed by atoms with Gasteiger partial charge in [-0.15, -0.1) is 0 Å². The van der Waals surface area contributed by atoms with E-state index in [1.54, 1.807) is 30.5 Å². The molecule has 0 aliphatic carbocycles. The average molecular weight is 227 g/mol. The molecular weight excluding hydrogens is 216 g/mol. The van der Waals surface area contributed by atoms with Crippen molar-refractivity contribution >= 4 is 18.0 Å². The molecule has 2 aromatic rings. The minimum absolute atomic E-state index is 0.111. The van der Waals surface area contributed by atoms with Crippen LogP contribution in [0.15, 0.2) is 54.9 Å². The molecule has 0 saturated heterocycles. The fourth-order valence-electron chi connectivity index (χ4n) is 1.47.